The molecule has 0 spiro atoms. The topological polar surface area (TPSA) is 59.4 Å². The third-order valence-corrected chi connectivity index (χ3v) is 2.53. The van der Waals surface area contributed by atoms with Crippen LogP contribution in [0.25, 0.3) is 0 Å². The summed E-state index contributed by atoms with van der Waals surface area (Å²) in [5, 5.41) is 8.98. The molecule has 0 bridgehead atoms. The number of ether oxygens (including phenoxy) is 1. The van der Waals surface area contributed by atoms with E-state index in [4.69, 9.17) is 9.84 Å². The smallest absolute Gasteiger partial charge is 0.358 e. The number of carboxylic acids is 1. The fourth-order valence-electron chi connectivity index (χ4n) is 1.55. The van der Waals surface area contributed by atoms with Crippen LogP contribution >= 0.6 is 0 Å². The SMILES string of the molecule is CCc1ccc(Oc2cccnc2C(=O)O)cc1. The van der Waals surface area contributed by atoms with Gasteiger partial charge in [-0.1, -0.05) is 19.1 Å². The normalized spacial score (nSPS) is 10.1. The first kappa shape index (κ1) is 12.1. The summed E-state index contributed by atoms with van der Waals surface area (Å²) < 4.78 is 5.53. The van der Waals surface area contributed by atoms with Crippen LogP contribution in [0, 0.1) is 0 Å². The van der Waals surface area contributed by atoms with Crippen LogP contribution in [-0.4, -0.2) is 16.1 Å². The summed E-state index contributed by atoms with van der Waals surface area (Å²) in [5.41, 5.74) is 1.11. The second-order valence-corrected chi connectivity index (χ2v) is 3.75. The summed E-state index contributed by atoms with van der Waals surface area (Å²) in [6, 6.07) is 10.8. The predicted octanol–water partition coefficient (Wildman–Crippen LogP) is 3.13. The zero-order valence-corrected chi connectivity index (χ0v) is 9.96. The van der Waals surface area contributed by atoms with Crippen molar-refractivity contribution >= 4 is 5.97 Å². The van der Waals surface area contributed by atoms with Crippen LogP contribution in [0.4, 0.5) is 0 Å². The molecule has 0 unspecified atom stereocenters. The highest BCUT2D eigenvalue weighted by atomic mass is 16.5. The second kappa shape index (κ2) is 5.31. The van der Waals surface area contributed by atoms with Gasteiger partial charge in [0.25, 0.3) is 0 Å². The second-order valence-electron chi connectivity index (χ2n) is 3.75. The molecule has 2 rings (SSSR count). The average Bonchev–Trinajstić information content (AvgIpc) is 2.40. The Hall–Kier alpha value is -2.36. The molecule has 18 heavy (non-hydrogen) atoms. The Morgan fingerprint density at radius 1 is 1.28 bits per heavy atom. The maximum atomic E-state index is 11.0. The highest BCUT2D eigenvalue weighted by Gasteiger charge is 2.12. The van der Waals surface area contributed by atoms with Crippen molar-refractivity contribution in [2.45, 2.75) is 13.3 Å². The molecule has 0 aliphatic rings. The maximum absolute atomic E-state index is 11.0. The van der Waals surface area contributed by atoms with Crippen molar-refractivity contribution in [1.29, 1.82) is 0 Å². The van der Waals surface area contributed by atoms with Crippen LogP contribution in [0.3, 0.4) is 0 Å². The van der Waals surface area contributed by atoms with E-state index in [-0.39, 0.29) is 11.4 Å². The van der Waals surface area contributed by atoms with E-state index < -0.39 is 5.97 Å². The van der Waals surface area contributed by atoms with E-state index >= 15 is 0 Å². The Morgan fingerprint density at radius 2 is 2.00 bits per heavy atom. The third-order valence-electron chi connectivity index (χ3n) is 2.53. The molecular weight excluding hydrogens is 230 g/mol. The molecule has 0 amide bonds. The quantitative estimate of drug-likeness (QED) is 0.896. The van der Waals surface area contributed by atoms with Gasteiger partial charge in [0, 0.05) is 6.20 Å². The molecule has 1 N–H and O–H groups in total. The van der Waals surface area contributed by atoms with Gasteiger partial charge in [-0.15, -0.1) is 0 Å². The van der Waals surface area contributed by atoms with Crippen LogP contribution in [0.5, 0.6) is 11.5 Å². The van der Waals surface area contributed by atoms with Gasteiger partial charge in [-0.3, -0.25) is 0 Å². The lowest BCUT2D eigenvalue weighted by molar-refractivity contribution is 0.0687. The Labute approximate surface area is 105 Å². The average molecular weight is 243 g/mol. The first-order chi connectivity index (χ1) is 8.70. The Balaban J connectivity index is 2.25. The van der Waals surface area contributed by atoms with Crippen molar-refractivity contribution < 1.29 is 14.6 Å². The Kier molecular flexibility index (Phi) is 3.57. The Morgan fingerprint density at radius 3 is 2.61 bits per heavy atom. The van der Waals surface area contributed by atoms with Crippen LogP contribution in [0.15, 0.2) is 42.6 Å². The molecular formula is C14H13NO3. The van der Waals surface area contributed by atoms with Gasteiger partial charge in [0.05, 0.1) is 0 Å². The molecule has 1 aromatic carbocycles. The number of aryl methyl sites for hydroxylation is 1. The van der Waals surface area contributed by atoms with Gasteiger partial charge in [0.15, 0.2) is 11.4 Å². The lowest BCUT2D eigenvalue weighted by atomic mass is 10.2. The fraction of sp³-hybridized carbons (Fsp3) is 0.143. The molecule has 0 saturated carbocycles. The van der Waals surface area contributed by atoms with Crippen molar-refractivity contribution in [2.24, 2.45) is 0 Å². The summed E-state index contributed by atoms with van der Waals surface area (Å²) in [4.78, 5) is 14.8. The summed E-state index contributed by atoms with van der Waals surface area (Å²) in [7, 11) is 0. The van der Waals surface area contributed by atoms with Gasteiger partial charge in [-0.05, 0) is 36.2 Å². The van der Waals surface area contributed by atoms with Crippen molar-refractivity contribution in [2.75, 3.05) is 0 Å². The minimum Gasteiger partial charge on any atom is -0.476 e. The van der Waals surface area contributed by atoms with E-state index in [1.54, 1.807) is 12.1 Å². The molecule has 1 heterocycles. The van der Waals surface area contributed by atoms with Gasteiger partial charge in [-0.2, -0.15) is 0 Å². The van der Waals surface area contributed by atoms with Crippen molar-refractivity contribution in [3.8, 4) is 11.5 Å². The molecule has 0 aliphatic carbocycles. The summed E-state index contributed by atoms with van der Waals surface area (Å²) in [6.07, 6.45) is 2.38. The largest absolute Gasteiger partial charge is 0.476 e. The number of hydrogen-bond acceptors (Lipinski definition) is 3. The third kappa shape index (κ3) is 2.66. The number of carbonyl (C=O) groups is 1. The Bertz CT molecular complexity index is 549. The molecule has 4 nitrogen and oxygen atoms in total. The van der Waals surface area contributed by atoms with E-state index in [1.807, 2.05) is 24.3 Å². The van der Waals surface area contributed by atoms with Gasteiger partial charge in [0.1, 0.15) is 5.75 Å². The number of hydrogen-bond donors (Lipinski definition) is 1. The molecule has 0 saturated heterocycles. The van der Waals surface area contributed by atoms with Gasteiger partial charge >= 0.3 is 5.97 Å². The van der Waals surface area contributed by atoms with E-state index in [2.05, 4.69) is 11.9 Å². The van der Waals surface area contributed by atoms with Crippen molar-refractivity contribution in [1.82, 2.24) is 4.98 Å². The fourth-order valence-corrected chi connectivity index (χ4v) is 1.55. The summed E-state index contributed by atoms with van der Waals surface area (Å²) in [6.45, 7) is 2.07. The highest BCUT2D eigenvalue weighted by Crippen LogP contribution is 2.24. The van der Waals surface area contributed by atoms with E-state index in [0.29, 0.717) is 5.75 Å². The lowest BCUT2D eigenvalue weighted by Crippen LogP contribution is -2.02. The van der Waals surface area contributed by atoms with Gasteiger partial charge in [0.2, 0.25) is 0 Å². The predicted molar refractivity (Wildman–Crippen MR) is 67.1 cm³/mol. The number of nitrogens with zero attached hydrogens (tertiary/aromatic N) is 1. The first-order valence-electron chi connectivity index (χ1n) is 5.66. The summed E-state index contributed by atoms with van der Waals surface area (Å²) in [5.74, 6) is -0.257. The van der Waals surface area contributed by atoms with E-state index in [9.17, 15) is 4.79 Å². The van der Waals surface area contributed by atoms with E-state index in [1.165, 1.54) is 11.8 Å². The monoisotopic (exact) mass is 243 g/mol. The maximum Gasteiger partial charge on any atom is 0.358 e. The minimum atomic E-state index is -1.10. The number of aromatic nitrogens is 1. The minimum absolute atomic E-state index is 0.0860. The number of rotatable bonds is 4. The molecule has 2 aromatic rings. The van der Waals surface area contributed by atoms with Crippen molar-refractivity contribution in [3.63, 3.8) is 0 Å². The van der Waals surface area contributed by atoms with Crippen LogP contribution < -0.4 is 4.74 Å². The number of pyridine rings is 1. The lowest BCUT2D eigenvalue weighted by Gasteiger charge is -2.08. The van der Waals surface area contributed by atoms with Crippen molar-refractivity contribution in [3.05, 3.63) is 53.9 Å². The van der Waals surface area contributed by atoms with Gasteiger partial charge in [-0.25, -0.2) is 9.78 Å². The van der Waals surface area contributed by atoms with Gasteiger partial charge < -0.3 is 9.84 Å². The molecule has 92 valence electrons. The van der Waals surface area contributed by atoms with E-state index in [0.717, 1.165) is 6.42 Å². The zero-order chi connectivity index (χ0) is 13.0. The first-order valence-corrected chi connectivity index (χ1v) is 5.66. The summed E-state index contributed by atoms with van der Waals surface area (Å²) >= 11 is 0. The van der Waals surface area contributed by atoms with Crippen LogP contribution in [0.2, 0.25) is 0 Å². The van der Waals surface area contributed by atoms with Crippen LogP contribution in [-0.2, 0) is 6.42 Å². The molecule has 4 heteroatoms. The number of carboxylic acid groups (broad SMARTS) is 1. The molecule has 1 aromatic heterocycles. The standard InChI is InChI=1S/C14H13NO3/c1-2-10-5-7-11(8-6-10)18-12-4-3-9-15-13(12)14(16)17/h3-9H,2H2,1H3,(H,16,17). The highest BCUT2D eigenvalue weighted by molar-refractivity contribution is 5.88. The number of benzene rings is 1. The zero-order valence-electron chi connectivity index (χ0n) is 9.96. The molecule has 0 radical (unpaired) electrons. The number of aromatic carboxylic acids is 1. The molecule has 0 aliphatic heterocycles. The molecule has 0 fully saturated rings. The molecule has 0 atom stereocenters. The van der Waals surface area contributed by atoms with Crippen LogP contribution in [0.1, 0.15) is 23.0 Å².